The third-order valence-corrected chi connectivity index (χ3v) is 2.88. The summed E-state index contributed by atoms with van der Waals surface area (Å²) < 4.78 is 13.5. The molecule has 1 aromatic carbocycles. The van der Waals surface area contributed by atoms with Crippen LogP contribution in [0.15, 0.2) is 29.8 Å². The maximum atomic E-state index is 13.5. The van der Waals surface area contributed by atoms with Gasteiger partial charge in [0.25, 0.3) is 0 Å². The van der Waals surface area contributed by atoms with Gasteiger partial charge in [-0.2, -0.15) is 0 Å². The molecule has 0 unspecified atom stereocenters. The van der Waals surface area contributed by atoms with Crippen LogP contribution in [-0.4, -0.2) is 10.8 Å². The maximum Gasteiger partial charge on any atom is 0.179 e. The molecule has 2 rings (SSSR count). The van der Waals surface area contributed by atoms with Crippen molar-refractivity contribution in [3.8, 4) is 10.4 Å². The van der Waals surface area contributed by atoms with Crippen LogP contribution >= 0.6 is 11.3 Å². The summed E-state index contributed by atoms with van der Waals surface area (Å²) in [5.41, 5.74) is 2.33. The molecule has 2 aromatic rings. The molecule has 76 valence electrons. The first-order valence-electron chi connectivity index (χ1n) is 4.39. The van der Waals surface area contributed by atoms with Crippen LogP contribution in [0.1, 0.15) is 17.4 Å². The van der Waals surface area contributed by atoms with Gasteiger partial charge < -0.3 is 0 Å². The van der Waals surface area contributed by atoms with Gasteiger partial charge in [-0.3, -0.25) is 4.79 Å². The van der Waals surface area contributed by atoms with E-state index in [4.69, 9.17) is 0 Å². The van der Waals surface area contributed by atoms with E-state index in [9.17, 15) is 9.18 Å². The van der Waals surface area contributed by atoms with Crippen LogP contribution in [0.4, 0.5) is 4.39 Å². The SMILES string of the molecule is CC(=O)c1ncsc1-c1ccccc1F. The van der Waals surface area contributed by atoms with Crippen molar-refractivity contribution in [3.63, 3.8) is 0 Å². The molecule has 0 aliphatic carbocycles. The Balaban J connectivity index is 2.59. The van der Waals surface area contributed by atoms with Gasteiger partial charge in [0.2, 0.25) is 0 Å². The standard InChI is InChI=1S/C11H8FNOS/c1-7(14)10-11(15-6-13-10)8-4-2-3-5-9(8)12/h2-6H,1H3. The number of hydrogen-bond acceptors (Lipinski definition) is 3. The highest BCUT2D eigenvalue weighted by Crippen LogP contribution is 2.29. The Labute approximate surface area is 90.4 Å². The number of carbonyl (C=O) groups excluding carboxylic acids is 1. The summed E-state index contributed by atoms with van der Waals surface area (Å²) in [5, 5.41) is 0. The second-order valence-electron chi connectivity index (χ2n) is 3.07. The lowest BCUT2D eigenvalue weighted by Gasteiger charge is -2.00. The van der Waals surface area contributed by atoms with Crippen molar-refractivity contribution >= 4 is 17.1 Å². The van der Waals surface area contributed by atoms with Crippen LogP contribution in [0.5, 0.6) is 0 Å². The van der Waals surface area contributed by atoms with Crippen molar-refractivity contribution in [1.82, 2.24) is 4.98 Å². The van der Waals surface area contributed by atoms with Crippen LogP contribution in [0.2, 0.25) is 0 Å². The van der Waals surface area contributed by atoms with E-state index in [0.717, 1.165) is 0 Å². The summed E-state index contributed by atoms with van der Waals surface area (Å²) >= 11 is 1.27. The van der Waals surface area contributed by atoms with Crippen molar-refractivity contribution < 1.29 is 9.18 Å². The number of halogens is 1. The van der Waals surface area contributed by atoms with Gasteiger partial charge in [0.1, 0.15) is 11.5 Å². The van der Waals surface area contributed by atoms with E-state index in [-0.39, 0.29) is 11.6 Å². The van der Waals surface area contributed by atoms with E-state index < -0.39 is 0 Å². The molecule has 0 aliphatic rings. The Morgan fingerprint density at radius 2 is 2.13 bits per heavy atom. The van der Waals surface area contributed by atoms with Crippen LogP contribution in [0.25, 0.3) is 10.4 Å². The number of hydrogen-bond donors (Lipinski definition) is 0. The Kier molecular flexibility index (Phi) is 2.60. The molecule has 4 heteroatoms. The molecule has 0 spiro atoms. The minimum atomic E-state index is -0.329. The molecule has 0 radical (unpaired) electrons. The third-order valence-electron chi connectivity index (χ3n) is 2.02. The Morgan fingerprint density at radius 1 is 1.40 bits per heavy atom. The quantitative estimate of drug-likeness (QED) is 0.729. The average Bonchev–Trinajstić information content (AvgIpc) is 2.67. The number of benzene rings is 1. The number of thiazole rings is 1. The summed E-state index contributed by atoms with van der Waals surface area (Å²) in [6.07, 6.45) is 0. The van der Waals surface area contributed by atoms with Crippen molar-refractivity contribution in [2.24, 2.45) is 0 Å². The fourth-order valence-corrected chi connectivity index (χ4v) is 2.20. The summed E-state index contributed by atoms with van der Waals surface area (Å²) in [5.74, 6) is -0.473. The molecule has 0 N–H and O–H groups in total. The maximum absolute atomic E-state index is 13.5. The molecule has 0 atom stereocenters. The highest BCUT2D eigenvalue weighted by molar-refractivity contribution is 7.13. The van der Waals surface area contributed by atoms with E-state index in [2.05, 4.69) is 4.98 Å². The smallest absolute Gasteiger partial charge is 0.179 e. The fraction of sp³-hybridized carbons (Fsp3) is 0.0909. The lowest BCUT2D eigenvalue weighted by Crippen LogP contribution is -1.95. The second-order valence-corrected chi connectivity index (χ2v) is 3.92. The predicted octanol–water partition coefficient (Wildman–Crippen LogP) is 3.15. The van der Waals surface area contributed by atoms with Gasteiger partial charge in [0.15, 0.2) is 5.78 Å². The lowest BCUT2D eigenvalue weighted by molar-refractivity contribution is 0.101. The van der Waals surface area contributed by atoms with Crippen molar-refractivity contribution in [1.29, 1.82) is 0 Å². The molecule has 1 aromatic heterocycles. The number of ketones is 1. The molecule has 0 aliphatic heterocycles. The first-order chi connectivity index (χ1) is 7.20. The number of aromatic nitrogens is 1. The number of nitrogens with zero attached hydrogens (tertiary/aromatic N) is 1. The molecule has 0 bridgehead atoms. The molecule has 1 heterocycles. The first-order valence-corrected chi connectivity index (χ1v) is 5.27. The van der Waals surface area contributed by atoms with E-state index in [1.54, 1.807) is 23.7 Å². The largest absolute Gasteiger partial charge is 0.293 e. The van der Waals surface area contributed by atoms with Crippen LogP contribution in [-0.2, 0) is 0 Å². The van der Waals surface area contributed by atoms with Crippen LogP contribution < -0.4 is 0 Å². The summed E-state index contributed by atoms with van der Waals surface area (Å²) in [4.78, 5) is 15.8. The van der Waals surface area contributed by atoms with Gasteiger partial charge in [-0.25, -0.2) is 9.37 Å². The molecule has 2 nitrogen and oxygen atoms in total. The molecular weight excluding hydrogens is 213 g/mol. The average molecular weight is 221 g/mol. The summed E-state index contributed by atoms with van der Waals surface area (Å²) in [6, 6.07) is 6.38. The van der Waals surface area contributed by atoms with Crippen molar-refractivity contribution in [3.05, 3.63) is 41.3 Å². The third kappa shape index (κ3) is 1.80. The van der Waals surface area contributed by atoms with Gasteiger partial charge in [0, 0.05) is 12.5 Å². The minimum absolute atomic E-state index is 0.144. The van der Waals surface area contributed by atoms with Gasteiger partial charge in [-0.15, -0.1) is 11.3 Å². The molecule has 0 saturated carbocycles. The molecule has 0 saturated heterocycles. The topological polar surface area (TPSA) is 30.0 Å². The number of rotatable bonds is 2. The second kappa shape index (κ2) is 3.90. The zero-order valence-corrected chi connectivity index (χ0v) is 8.84. The fourth-order valence-electron chi connectivity index (χ4n) is 1.33. The highest BCUT2D eigenvalue weighted by Gasteiger charge is 2.14. The van der Waals surface area contributed by atoms with E-state index in [1.165, 1.54) is 24.3 Å². The van der Waals surface area contributed by atoms with E-state index in [1.807, 2.05) is 0 Å². The predicted molar refractivity (Wildman–Crippen MR) is 57.5 cm³/mol. The zero-order chi connectivity index (χ0) is 10.8. The minimum Gasteiger partial charge on any atom is -0.293 e. The van der Waals surface area contributed by atoms with E-state index in [0.29, 0.717) is 16.1 Å². The van der Waals surface area contributed by atoms with E-state index >= 15 is 0 Å². The summed E-state index contributed by atoms with van der Waals surface area (Å²) in [7, 11) is 0. The summed E-state index contributed by atoms with van der Waals surface area (Å²) in [6.45, 7) is 1.43. The Morgan fingerprint density at radius 3 is 2.80 bits per heavy atom. The molecular formula is C11H8FNOS. The molecule has 0 fully saturated rings. The van der Waals surface area contributed by atoms with Gasteiger partial charge >= 0.3 is 0 Å². The monoisotopic (exact) mass is 221 g/mol. The van der Waals surface area contributed by atoms with Crippen LogP contribution in [0, 0.1) is 5.82 Å². The highest BCUT2D eigenvalue weighted by atomic mass is 32.1. The molecule has 15 heavy (non-hydrogen) atoms. The van der Waals surface area contributed by atoms with Gasteiger partial charge in [0.05, 0.1) is 10.4 Å². The molecule has 0 amide bonds. The van der Waals surface area contributed by atoms with Crippen LogP contribution in [0.3, 0.4) is 0 Å². The zero-order valence-electron chi connectivity index (χ0n) is 8.03. The van der Waals surface area contributed by atoms with Gasteiger partial charge in [-0.1, -0.05) is 18.2 Å². The van der Waals surface area contributed by atoms with Crippen molar-refractivity contribution in [2.45, 2.75) is 6.92 Å². The van der Waals surface area contributed by atoms with Crippen molar-refractivity contribution in [2.75, 3.05) is 0 Å². The Bertz CT molecular complexity index is 507. The number of carbonyl (C=O) groups is 1. The lowest BCUT2D eigenvalue weighted by atomic mass is 10.1. The van der Waals surface area contributed by atoms with Gasteiger partial charge in [-0.05, 0) is 6.07 Å². The first kappa shape index (κ1) is 9.98. The normalized spacial score (nSPS) is 10.3. The number of Topliss-reactive ketones (excluding diaryl/α,β-unsaturated/α-hetero) is 1. The Hall–Kier alpha value is -1.55.